The zero-order valence-corrected chi connectivity index (χ0v) is 12.0. The number of pyridine rings is 1. The molecule has 3 rings (SSSR count). The zero-order valence-electron chi connectivity index (χ0n) is 12.0. The lowest BCUT2D eigenvalue weighted by Crippen LogP contribution is -2.39. The molecule has 1 amide bonds. The lowest BCUT2D eigenvalue weighted by atomic mass is 10.1. The second-order valence-corrected chi connectivity index (χ2v) is 5.17. The van der Waals surface area contributed by atoms with Crippen molar-refractivity contribution < 1.29 is 9.53 Å². The summed E-state index contributed by atoms with van der Waals surface area (Å²) in [5.74, 6) is -0.0354. The quantitative estimate of drug-likeness (QED) is 0.912. The molecule has 0 bridgehead atoms. The summed E-state index contributed by atoms with van der Waals surface area (Å²) in [6.45, 7) is 3.96. The molecule has 0 radical (unpaired) electrons. The molecule has 2 aromatic rings. The Balaban J connectivity index is 1.78. The second kappa shape index (κ2) is 6.05. The number of aromatic amines is 1. The molecular weight excluding hydrogens is 268 g/mol. The molecule has 110 valence electrons. The summed E-state index contributed by atoms with van der Waals surface area (Å²) in [4.78, 5) is 18.7. The van der Waals surface area contributed by atoms with E-state index in [4.69, 9.17) is 4.74 Å². The van der Waals surface area contributed by atoms with Gasteiger partial charge in [0.05, 0.1) is 12.8 Å². The van der Waals surface area contributed by atoms with Gasteiger partial charge in [-0.2, -0.15) is 5.10 Å². The number of nitrogens with one attached hydrogen (secondary N) is 1. The van der Waals surface area contributed by atoms with Crippen molar-refractivity contribution in [3.63, 3.8) is 0 Å². The highest BCUT2D eigenvalue weighted by molar-refractivity contribution is 5.92. The number of amides is 1. The summed E-state index contributed by atoms with van der Waals surface area (Å²) in [5.41, 5.74) is 2.36. The average Bonchev–Trinajstić information content (AvgIpc) is 2.96. The van der Waals surface area contributed by atoms with E-state index in [-0.39, 0.29) is 11.9 Å². The molecule has 0 saturated carbocycles. The standard InChI is InChI=1S/C15H18N4O2/c1-11-4-6-21-7-5-19(11)15(20)14-3-2-12(8-16-14)13-9-17-18-10-13/h2-3,8-11H,4-7H2,1H3,(H,17,18)/t11-/m0/s1. The van der Waals surface area contributed by atoms with E-state index in [1.165, 1.54) is 0 Å². The number of H-pyrrole nitrogens is 1. The summed E-state index contributed by atoms with van der Waals surface area (Å²) in [7, 11) is 0. The van der Waals surface area contributed by atoms with Crippen LogP contribution < -0.4 is 0 Å². The van der Waals surface area contributed by atoms with Crippen LogP contribution in [0.15, 0.2) is 30.7 Å². The van der Waals surface area contributed by atoms with E-state index < -0.39 is 0 Å². The zero-order chi connectivity index (χ0) is 14.7. The van der Waals surface area contributed by atoms with Crippen molar-refractivity contribution in [1.82, 2.24) is 20.1 Å². The molecule has 1 aliphatic heterocycles. The highest BCUT2D eigenvalue weighted by Gasteiger charge is 2.24. The van der Waals surface area contributed by atoms with Crippen molar-refractivity contribution in [3.05, 3.63) is 36.4 Å². The molecule has 21 heavy (non-hydrogen) atoms. The first-order chi connectivity index (χ1) is 10.3. The van der Waals surface area contributed by atoms with Crippen molar-refractivity contribution in [2.45, 2.75) is 19.4 Å². The fourth-order valence-electron chi connectivity index (χ4n) is 2.44. The predicted molar refractivity (Wildman–Crippen MR) is 77.8 cm³/mol. The van der Waals surface area contributed by atoms with Crippen LogP contribution >= 0.6 is 0 Å². The third kappa shape index (κ3) is 2.95. The van der Waals surface area contributed by atoms with E-state index in [9.17, 15) is 4.79 Å². The maximum Gasteiger partial charge on any atom is 0.272 e. The van der Waals surface area contributed by atoms with Crippen molar-refractivity contribution in [2.24, 2.45) is 0 Å². The van der Waals surface area contributed by atoms with E-state index in [0.29, 0.717) is 25.5 Å². The Morgan fingerprint density at radius 3 is 2.95 bits per heavy atom. The minimum absolute atomic E-state index is 0.0354. The molecule has 0 unspecified atom stereocenters. The molecule has 0 aromatic carbocycles. The van der Waals surface area contributed by atoms with E-state index in [1.54, 1.807) is 24.7 Å². The number of carbonyl (C=O) groups is 1. The summed E-state index contributed by atoms with van der Waals surface area (Å²) in [6, 6.07) is 3.84. The van der Waals surface area contributed by atoms with Crippen molar-refractivity contribution >= 4 is 5.91 Å². The number of carbonyl (C=O) groups excluding carboxylic acids is 1. The molecule has 0 spiro atoms. The van der Waals surface area contributed by atoms with Gasteiger partial charge < -0.3 is 9.64 Å². The van der Waals surface area contributed by atoms with Gasteiger partial charge in [-0.25, -0.2) is 0 Å². The molecule has 3 heterocycles. The second-order valence-electron chi connectivity index (χ2n) is 5.17. The molecule has 1 atom stereocenters. The monoisotopic (exact) mass is 286 g/mol. The number of hydrogen-bond donors (Lipinski definition) is 1. The fraction of sp³-hybridized carbons (Fsp3) is 0.400. The molecule has 1 N–H and O–H groups in total. The number of aromatic nitrogens is 3. The summed E-state index contributed by atoms with van der Waals surface area (Å²) < 4.78 is 5.42. The van der Waals surface area contributed by atoms with Crippen molar-refractivity contribution in [1.29, 1.82) is 0 Å². The first kappa shape index (κ1) is 13.8. The van der Waals surface area contributed by atoms with Gasteiger partial charge in [-0.3, -0.25) is 14.9 Å². The van der Waals surface area contributed by atoms with Gasteiger partial charge in [-0.1, -0.05) is 6.07 Å². The third-order valence-electron chi connectivity index (χ3n) is 3.76. The first-order valence-corrected chi connectivity index (χ1v) is 7.09. The molecule has 1 fully saturated rings. The summed E-state index contributed by atoms with van der Waals surface area (Å²) in [5, 5.41) is 6.67. The van der Waals surface area contributed by atoms with Crippen LogP contribution in [0.3, 0.4) is 0 Å². The smallest absolute Gasteiger partial charge is 0.272 e. The van der Waals surface area contributed by atoms with Crippen LogP contribution in [0.2, 0.25) is 0 Å². The lowest BCUT2D eigenvalue weighted by Gasteiger charge is -2.26. The average molecular weight is 286 g/mol. The normalized spacial score (nSPS) is 19.3. The van der Waals surface area contributed by atoms with Gasteiger partial charge in [0.15, 0.2) is 0 Å². The van der Waals surface area contributed by atoms with E-state index in [0.717, 1.165) is 17.5 Å². The minimum atomic E-state index is -0.0354. The number of rotatable bonds is 2. The Morgan fingerprint density at radius 2 is 2.24 bits per heavy atom. The molecule has 1 saturated heterocycles. The fourth-order valence-corrected chi connectivity index (χ4v) is 2.44. The SMILES string of the molecule is C[C@H]1CCOCCN1C(=O)c1ccc(-c2cn[nH]c2)cn1. The topological polar surface area (TPSA) is 71.1 Å². The third-order valence-corrected chi connectivity index (χ3v) is 3.76. The molecule has 1 aliphatic rings. The van der Waals surface area contributed by atoms with E-state index >= 15 is 0 Å². The Labute approximate surface area is 123 Å². The minimum Gasteiger partial charge on any atom is -0.380 e. The van der Waals surface area contributed by atoms with Crippen LogP contribution in [-0.4, -0.2) is 51.8 Å². The van der Waals surface area contributed by atoms with Gasteiger partial charge in [-0.15, -0.1) is 0 Å². The number of nitrogens with zero attached hydrogens (tertiary/aromatic N) is 3. The lowest BCUT2D eigenvalue weighted by molar-refractivity contribution is 0.0681. The molecular formula is C15H18N4O2. The van der Waals surface area contributed by atoms with Gasteiger partial charge >= 0.3 is 0 Å². The van der Waals surface area contributed by atoms with Crippen LogP contribution in [0.1, 0.15) is 23.8 Å². The van der Waals surface area contributed by atoms with Gasteiger partial charge in [0.2, 0.25) is 0 Å². The van der Waals surface area contributed by atoms with Crippen LogP contribution in [0.4, 0.5) is 0 Å². The van der Waals surface area contributed by atoms with Crippen LogP contribution in [0.5, 0.6) is 0 Å². The Hall–Kier alpha value is -2.21. The Morgan fingerprint density at radius 1 is 1.33 bits per heavy atom. The van der Waals surface area contributed by atoms with Crippen LogP contribution in [0.25, 0.3) is 11.1 Å². The predicted octanol–water partition coefficient (Wildman–Crippen LogP) is 1.72. The number of ether oxygens (including phenoxy) is 1. The Kier molecular flexibility index (Phi) is 3.96. The van der Waals surface area contributed by atoms with E-state index in [2.05, 4.69) is 15.2 Å². The van der Waals surface area contributed by atoms with Gasteiger partial charge in [-0.05, 0) is 19.4 Å². The highest BCUT2D eigenvalue weighted by atomic mass is 16.5. The molecule has 2 aromatic heterocycles. The first-order valence-electron chi connectivity index (χ1n) is 7.09. The van der Waals surface area contributed by atoms with Gasteiger partial charge in [0.1, 0.15) is 5.69 Å². The number of hydrogen-bond acceptors (Lipinski definition) is 4. The van der Waals surface area contributed by atoms with Gasteiger partial charge in [0, 0.05) is 42.7 Å². The maximum absolute atomic E-state index is 12.6. The van der Waals surface area contributed by atoms with Crippen molar-refractivity contribution in [3.8, 4) is 11.1 Å². The highest BCUT2D eigenvalue weighted by Crippen LogP contribution is 2.18. The summed E-state index contributed by atoms with van der Waals surface area (Å²) >= 11 is 0. The molecule has 6 heteroatoms. The van der Waals surface area contributed by atoms with Gasteiger partial charge in [0.25, 0.3) is 5.91 Å². The van der Waals surface area contributed by atoms with Crippen LogP contribution in [-0.2, 0) is 4.74 Å². The van der Waals surface area contributed by atoms with Crippen LogP contribution in [0, 0.1) is 0 Å². The molecule has 6 nitrogen and oxygen atoms in total. The summed E-state index contributed by atoms with van der Waals surface area (Å²) in [6.07, 6.45) is 6.09. The molecule has 0 aliphatic carbocycles. The Bertz CT molecular complexity index is 595. The largest absolute Gasteiger partial charge is 0.380 e. The van der Waals surface area contributed by atoms with Crippen molar-refractivity contribution in [2.75, 3.05) is 19.8 Å². The van der Waals surface area contributed by atoms with E-state index in [1.807, 2.05) is 17.9 Å². The maximum atomic E-state index is 12.6.